The predicted octanol–water partition coefficient (Wildman–Crippen LogP) is 2.73. The van der Waals surface area contributed by atoms with Gasteiger partial charge in [-0.15, -0.1) is 0 Å². The molecular weight excluding hydrogens is 254 g/mol. The van der Waals surface area contributed by atoms with Crippen LogP contribution >= 0.6 is 0 Å². The van der Waals surface area contributed by atoms with Gasteiger partial charge < -0.3 is 14.4 Å². The zero-order valence-electron chi connectivity index (χ0n) is 12.9. The van der Waals surface area contributed by atoms with E-state index in [9.17, 15) is 4.79 Å². The topological polar surface area (TPSA) is 38.8 Å². The number of para-hydroxylation sites is 1. The van der Waals surface area contributed by atoms with E-state index in [2.05, 4.69) is 4.90 Å². The lowest BCUT2D eigenvalue weighted by molar-refractivity contribution is -0.155. The van der Waals surface area contributed by atoms with Crippen LogP contribution in [0.1, 0.15) is 27.2 Å². The Balaban J connectivity index is 2.14. The van der Waals surface area contributed by atoms with Crippen molar-refractivity contribution in [1.29, 1.82) is 0 Å². The van der Waals surface area contributed by atoms with E-state index in [1.807, 2.05) is 58.2 Å². The van der Waals surface area contributed by atoms with Crippen molar-refractivity contribution >= 4 is 5.97 Å². The van der Waals surface area contributed by atoms with Crippen LogP contribution in [0.5, 0.6) is 5.75 Å². The minimum Gasteiger partial charge on any atom is -0.492 e. The van der Waals surface area contributed by atoms with Gasteiger partial charge in [0.2, 0.25) is 0 Å². The van der Waals surface area contributed by atoms with E-state index < -0.39 is 5.60 Å². The molecular formula is C16H25NO3. The van der Waals surface area contributed by atoms with Crippen LogP contribution in [0.4, 0.5) is 0 Å². The number of likely N-dealkylation sites (N-methyl/N-ethyl adjacent to an activating group) is 1. The minimum atomic E-state index is -0.411. The summed E-state index contributed by atoms with van der Waals surface area (Å²) >= 11 is 0. The van der Waals surface area contributed by atoms with Crippen molar-refractivity contribution in [3.05, 3.63) is 30.3 Å². The highest BCUT2D eigenvalue weighted by molar-refractivity contribution is 5.70. The second kappa shape index (κ2) is 7.90. The molecule has 0 unspecified atom stereocenters. The molecule has 0 aliphatic rings. The van der Waals surface area contributed by atoms with Gasteiger partial charge in [0.25, 0.3) is 0 Å². The van der Waals surface area contributed by atoms with Crippen molar-refractivity contribution in [3.8, 4) is 5.75 Å². The number of benzene rings is 1. The Morgan fingerprint density at radius 3 is 2.40 bits per heavy atom. The average Bonchev–Trinajstić information content (AvgIpc) is 2.36. The molecule has 0 aliphatic heterocycles. The van der Waals surface area contributed by atoms with E-state index in [0.29, 0.717) is 19.6 Å². The van der Waals surface area contributed by atoms with Crippen molar-refractivity contribution in [2.45, 2.75) is 32.8 Å². The van der Waals surface area contributed by atoms with Crippen LogP contribution in [0.2, 0.25) is 0 Å². The summed E-state index contributed by atoms with van der Waals surface area (Å²) in [4.78, 5) is 13.6. The predicted molar refractivity (Wildman–Crippen MR) is 79.9 cm³/mol. The standard InChI is InChI=1S/C16H25NO3/c1-16(2,3)20-15(18)10-11-17(4)12-13-19-14-8-6-5-7-9-14/h5-9H,10-13H2,1-4H3. The first-order valence-electron chi connectivity index (χ1n) is 6.95. The molecule has 4 heteroatoms. The van der Waals surface area contributed by atoms with Crippen LogP contribution in [0.25, 0.3) is 0 Å². The molecule has 0 aromatic heterocycles. The van der Waals surface area contributed by atoms with Gasteiger partial charge in [0.15, 0.2) is 0 Å². The number of carbonyl (C=O) groups excluding carboxylic acids is 1. The van der Waals surface area contributed by atoms with E-state index in [-0.39, 0.29) is 5.97 Å². The van der Waals surface area contributed by atoms with Gasteiger partial charge in [0.05, 0.1) is 6.42 Å². The summed E-state index contributed by atoms with van der Waals surface area (Å²) in [6.45, 7) is 7.69. The van der Waals surface area contributed by atoms with E-state index in [0.717, 1.165) is 12.3 Å². The summed E-state index contributed by atoms with van der Waals surface area (Å²) in [6, 6.07) is 9.71. The maximum Gasteiger partial charge on any atom is 0.307 e. The Bertz CT molecular complexity index is 398. The fraction of sp³-hybridized carbons (Fsp3) is 0.562. The van der Waals surface area contributed by atoms with Gasteiger partial charge in [-0.25, -0.2) is 0 Å². The highest BCUT2D eigenvalue weighted by atomic mass is 16.6. The lowest BCUT2D eigenvalue weighted by Crippen LogP contribution is -2.29. The number of ether oxygens (including phenoxy) is 2. The molecule has 4 nitrogen and oxygen atoms in total. The maximum absolute atomic E-state index is 11.6. The van der Waals surface area contributed by atoms with E-state index >= 15 is 0 Å². The second-order valence-corrected chi connectivity index (χ2v) is 5.80. The molecule has 1 aromatic carbocycles. The van der Waals surface area contributed by atoms with Crippen molar-refractivity contribution in [2.75, 3.05) is 26.7 Å². The van der Waals surface area contributed by atoms with E-state index in [1.165, 1.54) is 0 Å². The molecule has 0 fully saturated rings. The van der Waals surface area contributed by atoms with Crippen LogP contribution < -0.4 is 4.74 Å². The molecule has 0 saturated heterocycles. The molecule has 0 aliphatic carbocycles. The van der Waals surface area contributed by atoms with Gasteiger partial charge in [-0.05, 0) is 40.0 Å². The van der Waals surface area contributed by atoms with Crippen LogP contribution in [0.3, 0.4) is 0 Å². The van der Waals surface area contributed by atoms with E-state index in [4.69, 9.17) is 9.47 Å². The molecule has 0 radical (unpaired) electrons. The summed E-state index contributed by atoms with van der Waals surface area (Å²) in [5, 5.41) is 0. The maximum atomic E-state index is 11.6. The molecule has 0 heterocycles. The van der Waals surface area contributed by atoms with Crippen molar-refractivity contribution in [2.24, 2.45) is 0 Å². The van der Waals surface area contributed by atoms with E-state index in [1.54, 1.807) is 0 Å². The van der Waals surface area contributed by atoms with Gasteiger partial charge in [0.1, 0.15) is 18.0 Å². The molecule has 1 aromatic rings. The monoisotopic (exact) mass is 279 g/mol. The van der Waals surface area contributed by atoms with Gasteiger partial charge in [0, 0.05) is 13.1 Å². The third kappa shape index (κ3) is 7.79. The molecule has 0 atom stereocenters. The molecule has 0 bridgehead atoms. The highest BCUT2D eigenvalue weighted by Crippen LogP contribution is 2.09. The number of rotatable bonds is 7. The molecule has 0 saturated carbocycles. The summed E-state index contributed by atoms with van der Waals surface area (Å²) < 4.78 is 10.9. The second-order valence-electron chi connectivity index (χ2n) is 5.80. The quantitative estimate of drug-likeness (QED) is 0.719. The Morgan fingerprint density at radius 2 is 1.80 bits per heavy atom. The first-order chi connectivity index (χ1) is 9.37. The third-order valence-corrected chi connectivity index (χ3v) is 2.60. The fourth-order valence-corrected chi connectivity index (χ4v) is 1.62. The van der Waals surface area contributed by atoms with Gasteiger partial charge in [-0.3, -0.25) is 4.79 Å². The van der Waals surface area contributed by atoms with Gasteiger partial charge in [-0.1, -0.05) is 18.2 Å². The van der Waals surface area contributed by atoms with Gasteiger partial charge in [-0.2, -0.15) is 0 Å². The largest absolute Gasteiger partial charge is 0.492 e. The zero-order chi connectivity index (χ0) is 15.0. The van der Waals surface area contributed by atoms with Crippen molar-refractivity contribution in [3.63, 3.8) is 0 Å². The Morgan fingerprint density at radius 1 is 1.15 bits per heavy atom. The molecule has 0 amide bonds. The smallest absolute Gasteiger partial charge is 0.307 e. The van der Waals surface area contributed by atoms with Crippen molar-refractivity contribution in [1.82, 2.24) is 4.90 Å². The van der Waals surface area contributed by atoms with Crippen LogP contribution in [-0.2, 0) is 9.53 Å². The highest BCUT2D eigenvalue weighted by Gasteiger charge is 2.16. The number of hydrogen-bond acceptors (Lipinski definition) is 4. The molecule has 0 spiro atoms. The lowest BCUT2D eigenvalue weighted by atomic mass is 10.2. The number of esters is 1. The summed E-state index contributed by atoms with van der Waals surface area (Å²) in [6.07, 6.45) is 0.402. The lowest BCUT2D eigenvalue weighted by Gasteiger charge is -2.21. The molecule has 112 valence electrons. The number of hydrogen-bond donors (Lipinski definition) is 0. The zero-order valence-corrected chi connectivity index (χ0v) is 12.9. The summed E-state index contributed by atoms with van der Waals surface area (Å²) in [7, 11) is 1.97. The Hall–Kier alpha value is -1.55. The molecule has 20 heavy (non-hydrogen) atoms. The Kier molecular flexibility index (Phi) is 6.52. The summed E-state index contributed by atoms with van der Waals surface area (Å²) in [5.41, 5.74) is -0.411. The fourth-order valence-electron chi connectivity index (χ4n) is 1.62. The first kappa shape index (κ1) is 16.5. The Labute approximate surface area is 121 Å². The van der Waals surface area contributed by atoms with Crippen LogP contribution in [0.15, 0.2) is 30.3 Å². The summed E-state index contributed by atoms with van der Waals surface area (Å²) in [5.74, 6) is 0.710. The number of carbonyl (C=O) groups is 1. The normalized spacial score (nSPS) is 11.4. The van der Waals surface area contributed by atoms with Crippen LogP contribution in [-0.4, -0.2) is 43.2 Å². The first-order valence-corrected chi connectivity index (χ1v) is 6.95. The SMILES string of the molecule is CN(CCOc1ccccc1)CCC(=O)OC(C)(C)C. The molecule has 1 rings (SSSR count). The average molecular weight is 279 g/mol. The number of nitrogens with zero attached hydrogens (tertiary/aromatic N) is 1. The minimum absolute atomic E-state index is 0.159. The van der Waals surface area contributed by atoms with Gasteiger partial charge >= 0.3 is 5.97 Å². The van der Waals surface area contributed by atoms with Crippen LogP contribution in [0, 0.1) is 0 Å². The molecule has 0 N–H and O–H groups in total. The van der Waals surface area contributed by atoms with Crippen molar-refractivity contribution < 1.29 is 14.3 Å². The third-order valence-electron chi connectivity index (χ3n) is 2.60.